The molecule has 1 aliphatic heterocycles. The van der Waals surface area contributed by atoms with Gasteiger partial charge in [-0.3, -0.25) is 5.43 Å². The zero-order chi connectivity index (χ0) is 11.2. The molecule has 3 atom stereocenters. The van der Waals surface area contributed by atoms with E-state index in [0.717, 1.165) is 0 Å². The normalized spacial score (nSPS) is 36.8. The number of allylic oxidation sites excluding steroid dienone is 1. The quantitative estimate of drug-likeness (QED) is 0.667. The van der Waals surface area contributed by atoms with Crippen LogP contribution in [0, 0.1) is 17.3 Å². The van der Waals surface area contributed by atoms with E-state index in [1.807, 2.05) is 6.08 Å². The van der Waals surface area contributed by atoms with Crippen molar-refractivity contribution in [3.8, 4) is 0 Å². The van der Waals surface area contributed by atoms with Crippen LogP contribution in [-0.4, -0.2) is 11.3 Å². The third-order valence-electron chi connectivity index (χ3n) is 3.29. The number of rotatable bonds is 2. The molecule has 3 nitrogen and oxygen atoms in total. The lowest BCUT2D eigenvalue weighted by atomic mass is 10.1. The SMILES string of the molecule is CC1(C)C(C=C(Cl)Cl)C1C1NNC(=S)N1. The molecule has 15 heavy (non-hydrogen) atoms. The monoisotopic (exact) mass is 265 g/mol. The van der Waals surface area contributed by atoms with Gasteiger partial charge in [-0.25, -0.2) is 5.43 Å². The highest BCUT2D eigenvalue weighted by atomic mass is 35.5. The zero-order valence-corrected chi connectivity index (χ0v) is 10.8. The van der Waals surface area contributed by atoms with Gasteiger partial charge in [-0.2, -0.15) is 0 Å². The van der Waals surface area contributed by atoms with Gasteiger partial charge in [-0.05, 0) is 23.6 Å². The van der Waals surface area contributed by atoms with E-state index in [-0.39, 0.29) is 11.6 Å². The summed E-state index contributed by atoms with van der Waals surface area (Å²) < 4.78 is 0.337. The number of thiocarbonyl (C=S) groups is 1. The minimum atomic E-state index is 0.154. The standard InChI is InChI=1S/C9H13Cl2N3S/c1-9(2)4(3-5(10)11)6(9)7-12-8(15)14-13-7/h3-4,6-7,13H,1-2H3,(H2,12,14,15). The second-order valence-corrected chi connectivity index (χ2v) is 5.97. The molecule has 1 saturated carbocycles. The molecule has 2 aliphatic rings. The number of halogens is 2. The van der Waals surface area contributed by atoms with E-state index in [0.29, 0.717) is 21.4 Å². The van der Waals surface area contributed by atoms with E-state index in [9.17, 15) is 0 Å². The Bertz CT molecular complexity index is 325. The van der Waals surface area contributed by atoms with Crippen LogP contribution in [0.4, 0.5) is 0 Å². The fourth-order valence-corrected chi connectivity index (χ4v) is 2.80. The highest BCUT2D eigenvalue weighted by Gasteiger charge is 2.60. The van der Waals surface area contributed by atoms with Gasteiger partial charge in [0.1, 0.15) is 4.49 Å². The molecule has 3 unspecified atom stereocenters. The second kappa shape index (κ2) is 3.77. The molecule has 1 aliphatic carbocycles. The molecular weight excluding hydrogens is 253 g/mol. The summed E-state index contributed by atoms with van der Waals surface area (Å²) in [5.74, 6) is 0.827. The predicted octanol–water partition coefficient (Wildman–Crippen LogP) is 1.89. The molecule has 84 valence electrons. The zero-order valence-electron chi connectivity index (χ0n) is 8.47. The van der Waals surface area contributed by atoms with Gasteiger partial charge in [0.05, 0.1) is 6.17 Å². The summed E-state index contributed by atoms with van der Waals surface area (Å²) in [4.78, 5) is 0. The molecule has 3 N–H and O–H groups in total. The Kier molecular flexibility index (Phi) is 2.88. The number of nitrogens with one attached hydrogen (secondary N) is 3. The van der Waals surface area contributed by atoms with E-state index in [4.69, 9.17) is 35.4 Å². The third kappa shape index (κ3) is 2.09. The number of hydrazine groups is 1. The van der Waals surface area contributed by atoms with Gasteiger partial charge in [0, 0.05) is 5.92 Å². The van der Waals surface area contributed by atoms with Crippen molar-refractivity contribution in [1.29, 1.82) is 0 Å². The lowest BCUT2D eigenvalue weighted by molar-refractivity contribution is 0.409. The van der Waals surface area contributed by atoms with Gasteiger partial charge in [-0.1, -0.05) is 43.1 Å². The Balaban J connectivity index is 2.06. The smallest absolute Gasteiger partial charge is 0.182 e. The first-order valence-electron chi connectivity index (χ1n) is 4.78. The molecule has 0 aromatic rings. The van der Waals surface area contributed by atoms with Crippen molar-refractivity contribution >= 4 is 40.5 Å². The molecule has 0 radical (unpaired) electrons. The fourth-order valence-electron chi connectivity index (χ4n) is 2.35. The average molecular weight is 266 g/mol. The molecule has 0 spiro atoms. The van der Waals surface area contributed by atoms with E-state index in [2.05, 4.69) is 30.0 Å². The van der Waals surface area contributed by atoms with Crippen molar-refractivity contribution in [3.63, 3.8) is 0 Å². The summed E-state index contributed by atoms with van der Waals surface area (Å²) in [6.45, 7) is 4.39. The molecule has 2 fully saturated rings. The van der Waals surface area contributed by atoms with Gasteiger partial charge in [0.2, 0.25) is 0 Å². The van der Waals surface area contributed by atoms with Gasteiger partial charge in [-0.15, -0.1) is 0 Å². The Labute approximate surface area is 105 Å². The van der Waals surface area contributed by atoms with Gasteiger partial charge in [0.25, 0.3) is 0 Å². The van der Waals surface area contributed by atoms with Crippen molar-refractivity contribution in [3.05, 3.63) is 10.6 Å². The minimum Gasteiger partial charge on any atom is -0.344 e. The number of hydrogen-bond donors (Lipinski definition) is 3. The second-order valence-electron chi connectivity index (χ2n) is 4.55. The van der Waals surface area contributed by atoms with E-state index >= 15 is 0 Å². The van der Waals surface area contributed by atoms with Crippen LogP contribution in [0.2, 0.25) is 0 Å². The minimum absolute atomic E-state index is 0.154. The maximum Gasteiger partial charge on any atom is 0.182 e. The van der Waals surface area contributed by atoms with Gasteiger partial charge in [0.15, 0.2) is 5.11 Å². The summed E-state index contributed by atoms with van der Waals surface area (Å²) in [6.07, 6.45) is 2.06. The largest absolute Gasteiger partial charge is 0.344 e. The van der Waals surface area contributed by atoms with Crippen molar-refractivity contribution < 1.29 is 0 Å². The first-order chi connectivity index (χ1) is 6.93. The summed E-state index contributed by atoms with van der Waals surface area (Å²) in [5, 5.41) is 3.81. The maximum atomic E-state index is 5.69. The molecule has 2 rings (SSSR count). The van der Waals surface area contributed by atoms with Gasteiger partial charge < -0.3 is 5.32 Å². The summed E-state index contributed by atoms with van der Waals surface area (Å²) in [7, 11) is 0. The molecule has 1 saturated heterocycles. The lowest BCUT2D eigenvalue weighted by Crippen LogP contribution is -2.37. The highest BCUT2D eigenvalue weighted by Crippen LogP contribution is 2.60. The maximum absolute atomic E-state index is 5.69. The van der Waals surface area contributed by atoms with E-state index < -0.39 is 0 Å². The summed E-state index contributed by atoms with van der Waals surface area (Å²) >= 11 is 16.4. The lowest BCUT2D eigenvalue weighted by Gasteiger charge is -2.10. The van der Waals surface area contributed by atoms with Crippen LogP contribution >= 0.6 is 35.4 Å². The fraction of sp³-hybridized carbons (Fsp3) is 0.667. The molecule has 1 heterocycles. The van der Waals surface area contributed by atoms with Crippen LogP contribution in [-0.2, 0) is 0 Å². The van der Waals surface area contributed by atoms with Crippen molar-refractivity contribution in [1.82, 2.24) is 16.2 Å². The van der Waals surface area contributed by atoms with Crippen molar-refractivity contribution in [2.24, 2.45) is 17.3 Å². The van der Waals surface area contributed by atoms with Gasteiger partial charge >= 0.3 is 0 Å². The Hall–Kier alpha value is -0.0300. The molecular formula is C9H13Cl2N3S. The van der Waals surface area contributed by atoms with Crippen LogP contribution in [0.1, 0.15) is 13.8 Å². The topological polar surface area (TPSA) is 36.1 Å². The van der Waals surface area contributed by atoms with Crippen molar-refractivity contribution in [2.45, 2.75) is 20.0 Å². The van der Waals surface area contributed by atoms with Crippen LogP contribution in [0.15, 0.2) is 10.6 Å². The Morgan fingerprint density at radius 3 is 2.60 bits per heavy atom. The third-order valence-corrected chi connectivity index (χ3v) is 3.76. The Morgan fingerprint density at radius 1 is 1.47 bits per heavy atom. The van der Waals surface area contributed by atoms with E-state index in [1.54, 1.807) is 0 Å². The first kappa shape index (κ1) is 11.5. The molecule has 0 bridgehead atoms. The predicted molar refractivity (Wildman–Crippen MR) is 66.3 cm³/mol. The van der Waals surface area contributed by atoms with Crippen molar-refractivity contribution in [2.75, 3.05) is 0 Å². The highest BCUT2D eigenvalue weighted by molar-refractivity contribution is 7.80. The number of hydrogen-bond acceptors (Lipinski definition) is 2. The first-order valence-corrected chi connectivity index (χ1v) is 5.94. The van der Waals surface area contributed by atoms with Crippen LogP contribution < -0.4 is 16.2 Å². The Morgan fingerprint density at radius 2 is 2.13 bits per heavy atom. The molecule has 0 amide bonds. The van der Waals surface area contributed by atoms with Crippen LogP contribution in [0.25, 0.3) is 0 Å². The summed E-state index contributed by atoms with van der Waals surface area (Å²) in [5.41, 5.74) is 6.19. The molecule has 0 aromatic carbocycles. The summed E-state index contributed by atoms with van der Waals surface area (Å²) in [6, 6.07) is 0. The van der Waals surface area contributed by atoms with Crippen LogP contribution in [0.3, 0.4) is 0 Å². The van der Waals surface area contributed by atoms with E-state index in [1.165, 1.54) is 0 Å². The molecule has 6 heteroatoms. The van der Waals surface area contributed by atoms with Crippen LogP contribution in [0.5, 0.6) is 0 Å². The average Bonchev–Trinajstić information content (AvgIpc) is 2.47. The molecule has 0 aromatic heterocycles.